The van der Waals surface area contributed by atoms with Gasteiger partial charge in [0.1, 0.15) is 5.82 Å². The van der Waals surface area contributed by atoms with Crippen molar-refractivity contribution in [2.75, 3.05) is 26.2 Å². The highest BCUT2D eigenvalue weighted by Gasteiger charge is 2.38. The van der Waals surface area contributed by atoms with E-state index < -0.39 is 11.9 Å². The number of aliphatic carboxylic acids is 1. The number of hydrogen-bond acceptors (Lipinski definition) is 3. The second-order valence-corrected chi connectivity index (χ2v) is 7.03. The molecule has 25 heavy (non-hydrogen) atoms. The fourth-order valence-electron chi connectivity index (χ4n) is 3.95. The highest BCUT2D eigenvalue weighted by Crippen LogP contribution is 2.32. The van der Waals surface area contributed by atoms with Crippen LogP contribution in [0.1, 0.15) is 31.2 Å². The van der Waals surface area contributed by atoms with Crippen molar-refractivity contribution in [2.45, 2.75) is 32.2 Å². The standard InChI is InChI=1S/C19H25FN2O3/c20-17-8-4-1-5-14(17)13-21-9-11-22(12-10-21)18(23)15-6-2-3-7-16(15)19(24)25/h1,4-5,8,15-16H,2-3,6-7,9-13H2,(H,24,25). The van der Waals surface area contributed by atoms with Gasteiger partial charge >= 0.3 is 5.97 Å². The molecule has 136 valence electrons. The van der Waals surface area contributed by atoms with E-state index in [1.807, 2.05) is 6.07 Å². The largest absolute Gasteiger partial charge is 0.481 e. The second kappa shape index (κ2) is 7.95. The summed E-state index contributed by atoms with van der Waals surface area (Å²) in [5, 5.41) is 9.37. The fraction of sp³-hybridized carbons (Fsp3) is 0.579. The molecule has 6 heteroatoms. The summed E-state index contributed by atoms with van der Waals surface area (Å²) < 4.78 is 13.8. The van der Waals surface area contributed by atoms with Crippen molar-refractivity contribution in [3.8, 4) is 0 Å². The summed E-state index contributed by atoms with van der Waals surface area (Å²) in [5.74, 6) is -2.00. The highest BCUT2D eigenvalue weighted by molar-refractivity contribution is 5.85. The first-order chi connectivity index (χ1) is 12.1. The van der Waals surface area contributed by atoms with Gasteiger partial charge in [-0.05, 0) is 18.9 Å². The molecule has 0 aromatic heterocycles. The molecule has 0 bridgehead atoms. The monoisotopic (exact) mass is 348 g/mol. The van der Waals surface area contributed by atoms with Crippen LogP contribution in [0.3, 0.4) is 0 Å². The van der Waals surface area contributed by atoms with Gasteiger partial charge < -0.3 is 10.0 Å². The lowest BCUT2D eigenvalue weighted by Crippen LogP contribution is -2.51. The van der Waals surface area contributed by atoms with E-state index in [2.05, 4.69) is 4.90 Å². The Balaban J connectivity index is 1.55. The molecule has 1 aliphatic heterocycles. The third-order valence-corrected chi connectivity index (χ3v) is 5.44. The quantitative estimate of drug-likeness (QED) is 0.907. The smallest absolute Gasteiger partial charge is 0.307 e. The first kappa shape index (κ1) is 17.9. The number of carbonyl (C=O) groups excluding carboxylic acids is 1. The van der Waals surface area contributed by atoms with Crippen LogP contribution in [-0.2, 0) is 16.1 Å². The molecule has 1 amide bonds. The van der Waals surface area contributed by atoms with Crippen molar-refractivity contribution in [3.63, 3.8) is 0 Å². The van der Waals surface area contributed by atoms with E-state index in [-0.39, 0.29) is 17.6 Å². The summed E-state index contributed by atoms with van der Waals surface area (Å²) in [6.45, 7) is 3.07. The van der Waals surface area contributed by atoms with Gasteiger partial charge in [-0.1, -0.05) is 31.0 Å². The number of benzene rings is 1. The maximum atomic E-state index is 13.8. The minimum absolute atomic E-state index is 0.0161. The molecule has 2 atom stereocenters. The van der Waals surface area contributed by atoms with Gasteiger partial charge in [0.2, 0.25) is 5.91 Å². The van der Waals surface area contributed by atoms with E-state index in [9.17, 15) is 19.1 Å². The molecule has 1 aromatic carbocycles. The topological polar surface area (TPSA) is 60.9 Å². The predicted octanol–water partition coefficient (Wildman–Crippen LogP) is 2.36. The Bertz CT molecular complexity index is 629. The number of carboxylic acid groups (broad SMARTS) is 1. The fourth-order valence-corrected chi connectivity index (χ4v) is 3.95. The van der Waals surface area contributed by atoms with Gasteiger partial charge in [0.15, 0.2) is 0 Å². The van der Waals surface area contributed by atoms with Crippen LogP contribution in [0.25, 0.3) is 0 Å². The van der Waals surface area contributed by atoms with Crippen LogP contribution in [0.2, 0.25) is 0 Å². The summed E-state index contributed by atoms with van der Waals surface area (Å²) in [6, 6.07) is 6.75. The average molecular weight is 348 g/mol. The van der Waals surface area contributed by atoms with E-state index in [1.165, 1.54) is 6.07 Å². The Morgan fingerprint density at radius 2 is 1.68 bits per heavy atom. The normalized spacial score (nSPS) is 24.9. The molecule has 5 nitrogen and oxygen atoms in total. The zero-order chi connectivity index (χ0) is 17.8. The van der Waals surface area contributed by atoms with E-state index >= 15 is 0 Å². The van der Waals surface area contributed by atoms with Gasteiger partial charge in [-0.3, -0.25) is 14.5 Å². The summed E-state index contributed by atoms with van der Waals surface area (Å²) in [5.41, 5.74) is 0.667. The first-order valence-electron chi connectivity index (χ1n) is 9.03. The predicted molar refractivity (Wildman–Crippen MR) is 91.3 cm³/mol. The maximum Gasteiger partial charge on any atom is 0.307 e. The van der Waals surface area contributed by atoms with Gasteiger partial charge in [-0.15, -0.1) is 0 Å². The number of carbonyl (C=O) groups is 2. The molecule has 2 unspecified atom stereocenters. The number of halogens is 1. The van der Waals surface area contributed by atoms with Crippen LogP contribution in [0, 0.1) is 17.7 Å². The average Bonchev–Trinajstić information content (AvgIpc) is 2.63. The highest BCUT2D eigenvalue weighted by atomic mass is 19.1. The number of amides is 1. The van der Waals surface area contributed by atoms with E-state index in [0.29, 0.717) is 51.1 Å². The second-order valence-electron chi connectivity index (χ2n) is 7.03. The van der Waals surface area contributed by atoms with Crippen LogP contribution in [0.15, 0.2) is 24.3 Å². The molecule has 3 rings (SSSR count). The first-order valence-corrected chi connectivity index (χ1v) is 9.03. The van der Waals surface area contributed by atoms with Crippen LogP contribution >= 0.6 is 0 Å². The Hall–Kier alpha value is -1.95. The van der Waals surface area contributed by atoms with E-state index in [4.69, 9.17) is 0 Å². The maximum absolute atomic E-state index is 13.8. The third-order valence-electron chi connectivity index (χ3n) is 5.44. The van der Waals surface area contributed by atoms with Crippen molar-refractivity contribution in [2.24, 2.45) is 11.8 Å². The molecule has 1 aliphatic carbocycles. The number of rotatable bonds is 4. The van der Waals surface area contributed by atoms with Crippen LogP contribution in [0.4, 0.5) is 4.39 Å². The molecule has 0 spiro atoms. The lowest BCUT2D eigenvalue weighted by molar-refractivity contribution is -0.153. The molecule has 1 N–H and O–H groups in total. The van der Waals surface area contributed by atoms with Crippen molar-refractivity contribution in [3.05, 3.63) is 35.6 Å². The van der Waals surface area contributed by atoms with Crippen LogP contribution in [-0.4, -0.2) is 53.0 Å². The van der Waals surface area contributed by atoms with Gasteiger partial charge in [0.25, 0.3) is 0 Å². The van der Waals surface area contributed by atoms with Gasteiger partial charge in [-0.2, -0.15) is 0 Å². The van der Waals surface area contributed by atoms with Crippen LogP contribution < -0.4 is 0 Å². The van der Waals surface area contributed by atoms with Crippen molar-refractivity contribution < 1.29 is 19.1 Å². The molecule has 1 saturated carbocycles. The van der Waals surface area contributed by atoms with E-state index in [0.717, 1.165) is 12.8 Å². The lowest BCUT2D eigenvalue weighted by atomic mass is 9.78. The number of carboxylic acids is 1. The Kier molecular flexibility index (Phi) is 5.68. The van der Waals surface area contributed by atoms with E-state index in [1.54, 1.807) is 17.0 Å². The Morgan fingerprint density at radius 3 is 2.32 bits per heavy atom. The molecule has 1 heterocycles. The van der Waals surface area contributed by atoms with Gasteiger partial charge in [-0.25, -0.2) is 4.39 Å². The van der Waals surface area contributed by atoms with Gasteiger partial charge in [0, 0.05) is 38.3 Å². The van der Waals surface area contributed by atoms with Crippen molar-refractivity contribution >= 4 is 11.9 Å². The SMILES string of the molecule is O=C(O)C1CCCCC1C(=O)N1CCN(Cc2ccccc2F)CC1. The third kappa shape index (κ3) is 4.18. The summed E-state index contributed by atoms with van der Waals surface area (Å²) in [7, 11) is 0. The molecule has 2 fully saturated rings. The van der Waals surface area contributed by atoms with Crippen molar-refractivity contribution in [1.29, 1.82) is 0 Å². The molecule has 1 saturated heterocycles. The van der Waals surface area contributed by atoms with Gasteiger partial charge in [0.05, 0.1) is 11.8 Å². The zero-order valence-corrected chi connectivity index (χ0v) is 14.4. The lowest BCUT2D eigenvalue weighted by Gasteiger charge is -2.38. The summed E-state index contributed by atoms with van der Waals surface area (Å²) >= 11 is 0. The zero-order valence-electron chi connectivity index (χ0n) is 14.4. The number of hydrogen-bond donors (Lipinski definition) is 1. The Morgan fingerprint density at radius 1 is 1.04 bits per heavy atom. The minimum atomic E-state index is -0.851. The summed E-state index contributed by atoms with van der Waals surface area (Å²) in [6.07, 6.45) is 3.08. The molecular weight excluding hydrogens is 323 g/mol. The molecule has 1 aromatic rings. The van der Waals surface area contributed by atoms with Crippen LogP contribution in [0.5, 0.6) is 0 Å². The summed E-state index contributed by atoms with van der Waals surface area (Å²) in [4.78, 5) is 28.1. The minimum Gasteiger partial charge on any atom is -0.481 e. The number of piperazine rings is 1. The molecular formula is C19H25FN2O3. The molecule has 0 radical (unpaired) electrons. The molecule has 2 aliphatic rings. The number of nitrogens with zero attached hydrogens (tertiary/aromatic N) is 2. The van der Waals surface area contributed by atoms with Crippen molar-refractivity contribution in [1.82, 2.24) is 9.80 Å². The Labute approximate surface area is 147 Å².